The zero-order valence-electron chi connectivity index (χ0n) is 8.05. The van der Waals surface area contributed by atoms with Crippen molar-refractivity contribution in [2.75, 3.05) is 23.8 Å². The third-order valence-corrected chi connectivity index (χ3v) is 3.51. The number of hydrogen-bond donors (Lipinski definition) is 2. The van der Waals surface area contributed by atoms with Crippen molar-refractivity contribution in [1.82, 2.24) is 9.36 Å². The van der Waals surface area contributed by atoms with Crippen molar-refractivity contribution in [1.29, 1.82) is 0 Å². The predicted octanol–water partition coefficient (Wildman–Crippen LogP) is 0.327. The van der Waals surface area contributed by atoms with Crippen LogP contribution in [0.5, 0.6) is 0 Å². The van der Waals surface area contributed by atoms with Crippen LogP contribution in [0, 0.1) is 5.92 Å². The third kappa shape index (κ3) is 1.55. The molecule has 2 rings (SSSR count). The SMILES string of the molecule is CC1CCN(c2nc(N)ns2)C1CO. The Morgan fingerprint density at radius 1 is 1.71 bits per heavy atom. The van der Waals surface area contributed by atoms with Crippen molar-refractivity contribution in [3.05, 3.63) is 0 Å². The first-order valence-electron chi connectivity index (χ1n) is 4.69. The molecule has 0 aliphatic carbocycles. The second-order valence-corrected chi connectivity index (χ2v) is 4.37. The molecule has 1 aromatic rings. The summed E-state index contributed by atoms with van der Waals surface area (Å²) in [5, 5.41) is 10.1. The second-order valence-electron chi connectivity index (χ2n) is 3.64. The summed E-state index contributed by atoms with van der Waals surface area (Å²) in [6.45, 7) is 3.24. The van der Waals surface area contributed by atoms with Gasteiger partial charge in [-0.15, -0.1) is 0 Å². The first kappa shape index (κ1) is 9.67. The van der Waals surface area contributed by atoms with E-state index in [2.05, 4.69) is 21.2 Å². The van der Waals surface area contributed by atoms with Crippen LogP contribution in [0.3, 0.4) is 0 Å². The van der Waals surface area contributed by atoms with Crippen molar-refractivity contribution in [2.45, 2.75) is 19.4 Å². The quantitative estimate of drug-likeness (QED) is 0.742. The Morgan fingerprint density at radius 3 is 3.07 bits per heavy atom. The van der Waals surface area contributed by atoms with E-state index >= 15 is 0 Å². The summed E-state index contributed by atoms with van der Waals surface area (Å²) < 4.78 is 3.94. The van der Waals surface area contributed by atoms with Gasteiger partial charge in [-0.1, -0.05) is 6.92 Å². The lowest BCUT2D eigenvalue weighted by molar-refractivity contribution is 0.244. The number of aliphatic hydroxyl groups is 1. The molecule has 2 atom stereocenters. The Hall–Kier alpha value is -0.880. The summed E-state index contributed by atoms with van der Waals surface area (Å²) in [6, 6.07) is 0.169. The second kappa shape index (κ2) is 3.70. The van der Waals surface area contributed by atoms with Gasteiger partial charge in [-0.2, -0.15) is 9.36 Å². The van der Waals surface area contributed by atoms with Crippen LogP contribution < -0.4 is 10.6 Å². The molecule has 1 aliphatic heterocycles. The number of nitrogen functional groups attached to an aromatic ring is 1. The van der Waals surface area contributed by atoms with E-state index in [9.17, 15) is 5.11 Å². The summed E-state index contributed by atoms with van der Waals surface area (Å²) in [7, 11) is 0. The summed E-state index contributed by atoms with van der Waals surface area (Å²) in [6.07, 6.45) is 1.09. The Labute approximate surface area is 86.7 Å². The molecule has 1 aliphatic rings. The molecule has 1 aromatic heterocycles. The molecule has 0 spiro atoms. The first-order chi connectivity index (χ1) is 6.72. The smallest absolute Gasteiger partial charge is 0.233 e. The predicted molar refractivity (Wildman–Crippen MR) is 56.3 cm³/mol. The van der Waals surface area contributed by atoms with Crippen LogP contribution in [0.4, 0.5) is 11.1 Å². The van der Waals surface area contributed by atoms with E-state index in [0.717, 1.165) is 18.1 Å². The van der Waals surface area contributed by atoms with Crippen LogP contribution in [-0.4, -0.2) is 33.7 Å². The van der Waals surface area contributed by atoms with E-state index in [0.29, 0.717) is 11.9 Å². The largest absolute Gasteiger partial charge is 0.394 e. The van der Waals surface area contributed by atoms with E-state index in [1.54, 1.807) is 0 Å². The molecular formula is C8H14N4OS. The van der Waals surface area contributed by atoms with Crippen LogP contribution in [0.15, 0.2) is 0 Å². The van der Waals surface area contributed by atoms with Crippen LogP contribution in [0.2, 0.25) is 0 Å². The molecule has 5 nitrogen and oxygen atoms in total. The average Bonchev–Trinajstić information content (AvgIpc) is 2.71. The normalized spacial score (nSPS) is 27.1. The Balaban J connectivity index is 2.18. The molecule has 78 valence electrons. The molecule has 1 saturated heterocycles. The zero-order chi connectivity index (χ0) is 10.1. The van der Waals surface area contributed by atoms with Gasteiger partial charge in [-0.05, 0) is 12.3 Å². The highest BCUT2D eigenvalue weighted by molar-refractivity contribution is 7.09. The van der Waals surface area contributed by atoms with Crippen molar-refractivity contribution < 1.29 is 5.11 Å². The molecule has 2 unspecified atom stereocenters. The molecule has 0 amide bonds. The summed E-state index contributed by atoms with van der Waals surface area (Å²) >= 11 is 1.30. The van der Waals surface area contributed by atoms with Crippen molar-refractivity contribution >= 4 is 22.6 Å². The average molecular weight is 214 g/mol. The number of rotatable bonds is 2. The van der Waals surface area contributed by atoms with Gasteiger partial charge in [-0.25, -0.2) is 0 Å². The van der Waals surface area contributed by atoms with E-state index in [1.165, 1.54) is 11.5 Å². The number of nitrogens with two attached hydrogens (primary N) is 1. The van der Waals surface area contributed by atoms with E-state index < -0.39 is 0 Å². The Kier molecular flexibility index (Phi) is 2.56. The van der Waals surface area contributed by atoms with Crippen LogP contribution >= 0.6 is 11.5 Å². The molecule has 0 radical (unpaired) electrons. The van der Waals surface area contributed by atoms with Crippen LogP contribution in [0.1, 0.15) is 13.3 Å². The van der Waals surface area contributed by atoms with Crippen LogP contribution in [-0.2, 0) is 0 Å². The Morgan fingerprint density at radius 2 is 2.50 bits per heavy atom. The van der Waals surface area contributed by atoms with Gasteiger partial charge in [0.25, 0.3) is 0 Å². The maximum atomic E-state index is 9.26. The monoisotopic (exact) mass is 214 g/mol. The molecule has 1 fully saturated rings. The maximum Gasteiger partial charge on any atom is 0.233 e. The van der Waals surface area contributed by atoms with Crippen molar-refractivity contribution in [3.8, 4) is 0 Å². The number of hydrogen-bond acceptors (Lipinski definition) is 6. The fourth-order valence-corrected chi connectivity index (χ4v) is 2.55. The molecule has 0 bridgehead atoms. The number of anilines is 2. The van der Waals surface area contributed by atoms with E-state index in [1.807, 2.05) is 0 Å². The molecule has 2 heterocycles. The molecule has 3 N–H and O–H groups in total. The Bertz CT molecular complexity index is 316. The lowest BCUT2D eigenvalue weighted by atomic mass is 10.0. The lowest BCUT2D eigenvalue weighted by Gasteiger charge is -2.23. The van der Waals surface area contributed by atoms with E-state index in [4.69, 9.17) is 5.73 Å². The standard InChI is InChI=1S/C8H14N4OS/c1-5-2-3-12(6(5)4-13)8-10-7(9)11-14-8/h5-6,13H,2-4H2,1H3,(H2,9,11). The molecule has 6 heteroatoms. The maximum absolute atomic E-state index is 9.26. The van der Waals surface area contributed by atoms with Gasteiger partial charge in [-0.3, -0.25) is 0 Å². The van der Waals surface area contributed by atoms with Crippen molar-refractivity contribution in [3.63, 3.8) is 0 Å². The summed E-state index contributed by atoms with van der Waals surface area (Å²) in [4.78, 5) is 6.22. The minimum atomic E-state index is 0.167. The van der Waals surface area contributed by atoms with Gasteiger partial charge in [0.05, 0.1) is 12.6 Å². The van der Waals surface area contributed by atoms with Gasteiger partial charge in [0.15, 0.2) is 0 Å². The van der Waals surface area contributed by atoms with E-state index in [-0.39, 0.29) is 12.6 Å². The topological polar surface area (TPSA) is 75.3 Å². The number of aliphatic hydroxyl groups excluding tert-OH is 1. The van der Waals surface area contributed by atoms with Crippen molar-refractivity contribution in [2.24, 2.45) is 5.92 Å². The number of aromatic nitrogens is 2. The lowest BCUT2D eigenvalue weighted by Crippen LogP contribution is -2.35. The minimum Gasteiger partial charge on any atom is -0.394 e. The molecule has 0 saturated carbocycles. The van der Waals surface area contributed by atoms with Gasteiger partial charge in [0.1, 0.15) is 0 Å². The van der Waals surface area contributed by atoms with Crippen LogP contribution in [0.25, 0.3) is 0 Å². The highest BCUT2D eigenvalue weighted by atomic mass is 32.1. The minimum absolute atomic E-state index is 0.167. The summed E-state index contributed by atoms with van der Waals surface area (Å²) in [5.74, 6) is 0.825. The third-order valence-electron chi connectivity index (χ3n) is 2.75. The zero-order valence-corrected chi connectivity index (χ0v) is 8.87. The summed E-state index contributed by atoms with van der Waals surface area (Å²) in [5.41, 5.74) is 5.47. The van der Waals surface area contributed by atoms with Gasteiger partial charge in [0.2, 0.25) is 11.1 Å². The highest BCUT2D eigenvalue weighted by Gasteiger charge is 2.32. The van der Waals surface area contributed by atoms with Gasteiger partial charge >= 0.3 is 0 Å². The fraction of sp³-hybridized carbons (Fsp3) is 0.750. The molecule has 14 heavy (non-hydrogen) atoms. The van der Waals surface area contributed by atoms with Gasteiger partial charge in [0, 0.05) is 18.1 Å². The highest BCUT2D eigenvalue weighted by Crippen LogP contribution is 2.30. The number of nitrogens with zero attached hydrogens (tertiary/aromatic N) is 3. The first-order valence-corrected chi connectivity index (χ1v) is 5.46. The van der Waals surface area contributed by atoms with Gasteiger partial charge < -0.3 is 15.7 Å². The molecule has 0 aromatic carbocycles. The fourth-order valence-electron chi connectivity index (χ4n) is 1.87. The molecular weight excluding hydrogens is 200 g/mol.